The molecule has 0 saturated heterocycles. The first-order chi connectivity index (χ1) is 12.5. The molecule has 0 aliphatic heterocycles. The number of nitrogens with zero attached hydrogens (tertiary/aromatic N) is 1. The van der Waals surface area contributed by atoms with E-state index in [2.05, 4.69) is 10.6 Å². The first kappa shape index (κ1) is 17.4. The number of amides is 2. The van der Waals surface area contributed by atoms with Crippen molar-refractivity contribution in [2.75, 3.05) is 17.2 Å². The first-order valence-electron chi connectivity index (χ1n) is 8.10. The molecule has 1 aliphatic carbocycles. The minimum absolute atomic E-state index is 0.0136. The Labute approximate surface area is 149 Å². The van der Waals surface area contributed by atoms with Crippen molar-refractivity contribution in [1.29, 1.82) is 0 Å². The van der Waals surface area contributed by atoms with Gasteiger partial charge in [0.25, 0.3) is 5.91 Å². The van der Waals surface area contributed by atoms with E-state index in [1.165, 1.54) is 18.2 Å². The highest BCUT2D eigenvalue weighted by Gasteiger charge is 2.29. The van der Waals surface area contributed by atoms with E-state index < -0.39 is 10.8 Å². The molecule has 2 aromatic carbocycles. The number of hydrogen-bond acceptors (Lipinski definition) is 5. The van der Waals surface area contributed by atoms with Crippen LogP contribution in [0.4, 0.5) is 17.1 Å². The van der Waals surface area contributed by atoms with E-state index in [1.54, 1.807) is 30.3 Å². The molecule has 0 heterocycles. The average Bonchev–Trinajstić information content (AvgIpc) is 3.47. The zero-order chi connectivity index (χ0) is 18.5. The second-order valence-electron chi connectivity index (χ2n) is 5.90. The fourth-order valence-electron chi connectivity index (χ4n) is 2.30. The highest BCUT2D eigenvalue weighted by Crippen LogP contribution is 2.30. The van der Waals surface area contributed by atoms with Gasteiger partial charge in [0.2, 0.25) is 5.91 Å². The van der Waals surface area contributed by atoms with Gasteiger partial charge in [0.15, 0.2) is 12.4 Å². The lowest BCUT2D eigenvalue weighted by Gasteiger charge is -2.09. The lowest BCUT2D eigenvalue weighted by molar-refractivity contribution is -0.385. The quantitative estimate of drug-likeness (QED) is 0.586. The van der Waals surface area contributed by atoms with Crippen molar-refractivity contribution in [3.05, 3.63) is 58.6 Å². The van der Waals surface area contributed by atoms with Crippen molar-refractivity contribution in [2.24, 2.45) is 5.92 Å². The molecule has 0 spiro atoms. The van der Waals surface area contributed by atoms with Gasteiger partial charge in [-0.15, -0.1) is 0 Å². The maximum absolute atomic E-state index is 12.0. The third-order valence-corrected chi connectivity index (χ3v) is 3.81. The van der Waals surface area contributed by atoms with E-state index in [4.69, 9.17) is 4.74 Å². The van der Waals surface area contributed by atoms with E-state index in [9.17, 15) is 19.7 Å². The molecule has 2 N–H and O–H groups in total. The Bertz CT molecular complexity index is 831. The van der Waals surface area contributed by atoms with Crippen LogP contribution in [0.1, 0.15) is 12.8 Å². The van der Waals surface area contributed by atoms with Crippen molar-refractivity contribution in [3.63, 3.8) is 0 Å². The topological polar surface area (TPSA) is 111 Å². The van der Waals surface area contributed by atoms with Crippen molar-refractivity contribution in [3.8, 4) is 5.75 Å². The molecule has 134 valence electrons. The number of carbonyl (C=O) groups is 2. The maximum Gasteiger partial charge on any atom is 0.310 e. The zero-order valence-electron chi connectivity index (χ0n) is 13.8. The van der Waals surface area contributed by atoms with Crippen LogP contribution in [-0.2, 0) is 9.59 Å². The van der Waals surface area contributed by atoms with Gasteiger partial charge in [-0.1, -0.05) is 12.1 Å². The van der Waals surface area contributed by atoms with Gasteiger partial charge in [0, 0.05) is 23.4 Å². The summed E-state index contributed by atoms with van der Waals surface area (Å²) in [5.74, 6) is -0.281. The fourth-order valence-corrected chi connectivity index (χ4v) is 2.30. The molecule has 2 aromatic rings. The third-order valence-electron chi connectivity index (χ3n) is 3.81. The summed E-state index contributed by atoms with van der Waals surface area (Å²) >= 11 is 0. The van der Waals surface area contributed by atoms with E-state index in [0.29, 0.717) is 11.4 Å². The van der Waals surface area contributed by atoms with Crippen molar-refractivity contribution >= 4 is 28.9 Å². The van der Waals surface area contributed by atoms with Crippen molar-refractivity contribution in [1.82, 2.24) is 0 Å². The maximum atomic E-state index is 12.0. The standard InChI is InChI=1S/C18H17N3O5/c22-17(11-26-16-4-2-1-3-15(16)21(24)25)19-13-7-9-14(10-8-13)20-18(23)12-5-6-12/h1-4,7-10,12H,5-6,11H2,(H,19,22)(H,20,23). The predicted molar refractivity (Wildman–Crippen MR) is 95.0 cm³/mol. The van der Waals surface area contributed by atoms with Gasteiger partial charge in [-0.3, -0.25) is 19.7 Å². The number of para-hydroxylation sites is 2. The van der Waals surface area contributed by atoms with Crippen molar-refractivity contribution in [2.45, 2.75) is 12.8 Å². The van der Waals surface area contributed by atoms with Crippen LogP contribution in [0.3, 0.4) is 0 Å². The number of hydrogen-bond donors (Lipinski definition) is 2. The summed E-state index contributed by atoms with van der Waals surface area (Å²) in [6.07, 6.45) is 1.86. The Morgan fingerprint density at radius 1 is 1.04 bits per heavy atom. The van der Waals surface area contributed by atoms with Gasteiger partial charge in [-0.25, -0.2) is 0 Å². The summed E-state index contributed by atoms with van der Waals surface area (Å²) < 4.78 is 5.23. The van der Waals surface area contributed by atoms with E-state index >= 15 is 0 Å². The van der Waals surface area contributed by atoms with Gasteiger partial charge in [0.05, 0.1) is 4.92 Å². The average molecular weight is 355 g/mol. The van der Waals surface area contributed by atoms with Crippen LogP contribution < -0.4 is 15.4 Å². The van der Waals surface area contributed by atoms with Crippen LogP contribution in [0.5, 0.6) is 5.75 Å². The Kier molecular flexibility index (Phi) is 5.12. The largest absolute Gasteiger partial charge is 0.477 e. The number of ether oxygens (including phenoxy) is 1. The van der Waals surface area contributed by atoms with Crippen LogP contribution in [0, 0.1) is 16.0 Å². The number of nitro groups is 1. The minimum atomic E-state index is -0.568. The van der Waals surface area contributed by atoms with Crippen LogP contribution >= 0.6 is 0 Å². The van der Waals surface area contributed by atoms with Crippen LogP contribution in [-0.4, -0.2) is 23.3 Å². The Balaban J connectivity index is 1.52. The monoisotopic (exact) mass is 355 g/mol. The predicted octanol–water partition coefficient (Wildman–Crippen LogP) is 2.96. The van der Waals surface area contributed by atoms with Gasteiger partial charge < -0.3 is 15.4 Å². The molecule has 1 aliphatic rings. The number of anilines is 2. The molecule has 0 atom stereocenters. The molecule has 8 heteroatoms. The lowest BCUT2D eigenvalue weighted by Crippen LogP contribution is -2.20. The highest BCUT2D eigenvalue weighted by atomic mass is 16.6. The molecule has 1 fully saturated rings. The van der Waals surface area contributed by atoms with Crippen LogP contribution in [0.15, 0.2) is 48.5 Å². The summed E-state index contributed by atoms with van der Waals surface area (Å²) in [5, 5.41) is 16.3. The molecule has 26 heavy (non-hydrogen) atoms. The summed E-state index contributed by atoms with van der Waals surface area (Å²) in [4.78, 5) is 34.0. The number of carbonyl (C=O) groups excluding carboxylic acids is 2. The molecule has 3 rings (SSSR count). The highest BCUT2D eigenvalue weighted by molar-refractivity contribution is 5.95. The SMILES string of the molecule is O=C(COc1ccccc1[N+](=O)[O-])Nc1ccc(NC(=O)C2CC2)cc1. The molecule has 0 aromatic heterocycles. The van der Waals surface area contributed by atoms with Crippen LogP contribution in [0.25, 0.3) is 0 Å². The van der Waals surface area contributed by atoms with E-state index in [1.807, 2.05) is 0 Å². The molecular formula is C18H17N3O5. The van der Waals surface area contributed by atoms with E-state index in [-0.39, 0.29) is 29.9 Å². The zero-order valence-corrected chi connectivity index (χ0v) is 13.8. The fraction of sp³-hybridized carbons (Fsp3) is 0.222. The number of rotatable bonds is 7. The molecular weight excluding hydrogens is 338 g/mol. The Hall–Kier alpha value is -3.42. The molecule has 8 nitrogen and oxygen atoms in total. The minimum Gasteiger partial charge on any atom is -0.477 e. The van der Waals surface area contributed by atoms with Gasteiger partial charge in [0.1, 0.15) is 0 Å². The summed E-state index contributed by atoms with van der Waals surface area (Å²) in [6, 6.07) is 12.6. The molecule has 2 amide bonds. The normalized spacial score (nSPS) is 12.9. The van der Waals surface area contributed by atoms with E-state index in [0.717, 1.165) is 12.8 Å². The lowest BCUT2D eigenvalue weighted by atomic mass is 10.2. The Morgan fingerprint density at radius 2 is 1.65 bits per heavy atom. The summed E-state index contributed by atoms with van der Waals surface area (Å²) in [7, 11) is 0. The number of benzene rings is 2. The summed E-state index contributed by atoms with van der Waals surface area (Å²) in [5.41, 5.74) is 0.998. The molecule has 0 bridgehead atoms. The van der Waals surface area contributed by atoms with Gasteiger partial charge in [-0.05, 0) is 43.2 Å². The van der Waals surface area contributed by atoms with Crippen LogP contribution in [0.2, 0.25) is 0 Å². The van der Waals surface area contributed by atoms with Gasteiger partial charge in [-0.2, -0.15) is 0 Å². The molecule has 0 unspecified atom stereocenters. The molecule has 1 saturated carbocycles. The first-order valence-corrected chi connectivity index (χ1v) is 8.10. The van der Waals surface area contributed by atoms with Gasteiger partial charge >= 0.3 is 5.69 Å². The van der Waals surface area contributed by atoms with Crippen molar-refractivity contribution < 1.29 is 19.2 Å². The second-order valence-corrected chi connectivity index (χ2v) is 5.90. The Morgan fingerprint density at radius 3 is 2.27 bits per heavy atom. The number of nitrogens with one attached hydrogen (secondary N) is 2. The smallest absolute Gasteiger partial charge is 0.310 e. The molecule has 0 radical (unpaired) electrons. The third kappa shape index (κ3) is 4.56. The summed E-state index contributed by atoms with van der Waals surface area (Å²) in [6.45, 7) is -0.356. The second kappa shape index (κ2) is 7.64. The number of nitro benzene ring substituents is 1.